The number of aliphatic hydroxyl groups is 1. The molecule has 2 heterocycles. The lowest BCUT2D eigenvalue weighted by atomic mass is 10.4. The van der Waals surface area contributed by atoms with Crippen molar-refractivity contribution in [1.82, 2.24) is 9.55 Å². The number of nitrogens with one attached hydrogen (secondary N) is 1. The maximum Gasteiger partial charge on any atom is 0.263 e. The third-order valence-electron chi connectivity index (χ3n) is 3.06. The summed E-state index contributed by atoms with van der Waals surface area (Å²) in [5, 5.41) is 9.30. The molecule has 21 heavy (non-hydrogen) atoms. The molecular weight excluding hydrogens is 290 g/mol. The number of hydrogen-bond acceptors (Lipinski definition) is 4. The lowest BCUT2D eigenvalue weighted by Crippen LogP contribution is -2.12. The largest absolute Gasteiger partial charge is 0.390 e. The molecule has 0 saturated carbocycles. The van der Waals surface area contributed by atoms with Crippen molar-refractivity contribution in [2.24, 2.45) is 0 Å². The van der Waals surface area contributed by atoms with Crippen LogP contribution in [-0.2, 0) is 23.2 Å². The molecule has 2 aromatic heterocycles. The van der Waals surface area contributed by atoms with E-state index in [4.69, 9.17) is 0 Å². The molecule has 0 bridgehead atoms. The fourth-order valence-corrected chi connectivity index (χ4v) is 3.10. The third-order valence-corrected chi connectivity index (χ3v) is 4.41. The second kappa shape index (κ2) is 6.28. The Bertz CT molecular complexity index is 706. The number of aliphatic hydroxyl groups excluding tert-OH is 1. The molecule has 0 aliphatic rings. The molecule has 0 saturated heterocycles. The van der Waals surface area contributed by atoms with E-state index in [0.717, 1.165) is 12.1 Å². The molecule has 0 fully saturated rings. The summed E-state index contributed by atoms with van der Waals surface area (Å²) in [6.07, 6.45) is 3.87. The lowest BCUT2D eigenvalue weighted by Gasteiger charge is -2.06. The second-order valence-corrected chi connectivity index (χ2v) is 6.49. The quantitative estimate of drug-likeness (QED) is 0.853. The lowest BCUT2D eigenvalue weighted by molar-refractivity contribution is 0.270. The summed E-state index contributed by atoms with van der Waals surface area (Å²) >= 11 is 0. The van der Waals surface area contributed by atoms with Gasteiger partial charge in [-0.25, -0.2) is 8.42 Å². The van der Waals surface area contributed by atoms with Crippen LogP contribution in [0.2, 0.25) is 0 Å². The molecule has 2 N–H and O–H groups in total. The van der Waals surface area contributed by atoms with E-state index in [0.29, 0.717) is 17.9 Å². The number of nitrogens with zero attached hydrogens (tertiary/aromatic N) is 2. The van der Waals surface area contributed by atoms with Crippen LogP contribution in [0.3, 0.4) is 0 Å². The van der Waals surface area contributed by atoms with Crippen molar-refractivity contribution in [2.45, 2.75) is 38.3 Å². The Kier molecular flexibility index (Phi) is 4.64. The Morgan fingerprint density at radius 2 is 2.14 bits per heavy atom. The molecule has 2 aromatic rings. The summed E-state index contributed by atoms with van der Waals surface area (Å²) in [6, 6.07) is 4.88. The van der Waals surface area contributed by atoms with Crippen molar-refractivity contribution in [2.75, 3.05) is 4.72 Å². The number of aryl methyl sites for hydroxylation is 2. The number of sulfonamides is 1. The number of aromatic nitrogens is 2. The number of pyridine rings is 1. The molecule has 0 aliphatic heterocycles. The molecule has 2 rings (SSSR count). The van der Waals surface area contributed by atoms with Gasteiger partial charge in [0, 0.05) is 24.1 Å². The average Bonchev–Trinajstić information content (AvgIpc) is 2.86. The van der Waals surface area contributed by atoms with Crippen LogP contribution in [0.5, 0.6) is 0 Å². The van der Waals surface area contributed by atoms with Gasteiger partial charge in [0.05, 0.1) is 18.5 Å². The first-order valence-electron chi connectivity index (χ1n) is 6.71. The molecule has 0 aliphatic carbocycles. The van der Waals surface area contributed by atoms with Gasteiger partial charge in [0.25, 0.3) is 10.0 Å². The van der Waals surface area contributed by atoms with Gasteiger partial charge in [0.15, 0.2) is 0 Å². The van der Waals surface area contributed by atoms with Gasteiger partial charge in [0.2, 0.25) is 0 Å². The Morgan fingerprint density at radius 1 is 1.38 bits per heavy atom. The van der Waals surface area contributed by atoms with Crippen LogP contribution in [0.1, 0.15) is 24.7 Å². The first-order chi connectivity index (χ1) is 9.96. The SMILES string of the molecule is CCCn1cc(S(=O)(=O)Nc2ccc(C)nc2)cc1CO. The molecule has 0 radical (unpaired) electrons. The van der Waals surface area contributed by atoms with Gasteiger partial charge in [-0.1, -0.05) is 6.92 Å². The third kappa shape index (κ3) is 3.62. The van der Waals surface area contributed by atoms with E-state index in [1.807, 2.05) is 13.8 Å². The highest BCUT2D eigenvalue weighted by molar-refractivity contribution is 7.92. The first-order valence-corrected chi connectivity index (χ1v) is 8.20. The summed E-state index contributed by atoms with van der Waals surface area (Å²) < 4.78 is 28.9. The molecule has 0 aromatic carbocycles. The van der Waals surface area contributed by atoms with E-state index >= 15 is 0 Å². The van der Waals surface area contributed by atoms with E-state index in [2.05, 4.69) is 9.71 Å². The Morgan fingerprint density at radius 3 is 2.71 bits per heavy atom. The van der Waals surface area contributed by atoms with E-state index in [-0.39, 0.29) is 11.5 Å². The molecule has 114 valence electrons. The van der Waals surface area contributed by atoms with E-state index in [1.165, 1.54) is 12.3 Å². The van der Waals surface area contributed by atoms with E-state index < -0.39 is 10.0 Å². The van der Waals surface area contributed by atoms with Crippen molar-refractivity contribution in [3.63, 3.8) is 0 Å². The van der Waals surface area contributed by atoms with E-state index in [1.54, 1.807) is 22.9 Å². The van der Waals surface area contributed by atoms with Crippen LogP contribution in [-0.4, -0.2) is 23.1 Å². The summed E-state index contributed by atoms with van der Waals surface area (Å²) in [5.74, 6) is 0. The zero-order valence-corrected chi connectivity index (χ0v) is 12.9. The summed E-state index contributed by atoms with van der Waals surface area (Å²) in [7, 11) is -3.68. The van der Waals surface area contributed by atoms with E-state index in [9.17, 15) is 13.5 Å². The van der Waals surface area contributed by atoms with Gasteiger partial charge in [0.1, 0.15) is 4.90 Å². The van der Waals surface area contributed by atoms with Crippen LogP contribution in [0, 0.1) is 6.92 Å². The monoisotopic (exact) mass is 309 g/mol. The molecule has 0 spiro atoms. The van der Waals surface area contributed by atoms with Gasteiger partial charge in [-0.05, 0) is 31.5 Å². The minimum Gasteiger partial charge on any atom is -0.390 e. The number of rotatable bonds is 6. The molecular formula is C14H19N3O3S. The minimum absolute atomic E-state index is 0.139. The van der Waals surface area contributed by atoms with Crippen LogP contribution in [0.25, 0.3) is 0 Å². The van der Waals surface area contributed by atoms with Crippen LogP contribution >= 0.6 is 0 Å². The maximum atomic E-state index is 12.3. The van der Waals surface area contributed by atoms with Crippen molar-refractivity contribution in [3.05, 3.63) is 42.0 Å². The molecule has 0 unspecified atom stereocenters. The standard InChI is InChI=1S/C14H19N3O3S/c1-3-6-17-9-14(7-13(17)10-18)21(19,20)16-12-5-4-11(2)15-8-12/h4-5,7-9,16,18H,3,6,10H2,1-2H3. The highest BCUT2D eigenvalue weighted by Crippen LogP contribution is 2.19. The van der Waals surface area contributed by atoms with Crippen LogP contribution < -0.4 is 4.72 Å². The molecule has 0 atom stereocenters. The summed E-state index contributed by atoms with van der Waals surface area (Å²) in [6.45, 7) is 4.29. The van der Waals surface area contributed by atoms with Gasteiger partial charge >= 0.3 is 0 Å². The zero-order chi connectivity index (χ0) is 15.5. The van der Waals surface area contributed by atoms with Crippen molar-refractivity contribution in [3.8, 4) is 0 Å². The van der Waals surface area contributed by atoms with Gasteiger partial charge in [-0.3, -0.25) is 9.71 Å². The fraction of sp³-hybridized carbons (Fsp3) is 0.357. The van der Waals surface area contributed by atoms with Crippen LogP contribution in [0.15, 0.2) is 35.5 Å². The predicted molar refractivity (Wildman–Crippen MR) is 80.4 cm³/mol. The predicted octanol–water partition coefficient (Wildman–Crippen LogP) is 1.89. The van der Waals surface area contributed by atoms with Crippen molar-refractivity contribution in [1.29, 1.82) is 0 Å². The van der Waals surface area contributed by atoms with Crippen LogP contribution in [0.4, 0.5) is 5.69 Å². The highest BCUT2D eigenvalue weighted by atomic mass is 32.2. The fourth-order valence-electron chi connectivity index (χ4n) is 2.00. The Hall–Kier alpha value is -1.86. The second-order valence-electron chi connectivity index (χ2n) is 4.81. The topological polar surface area (TPSA) is 84.2 Å². The minimum atomic E-state index is -3.68. The highest BCUT2D eigenvalue weighted by Gasteiger charge is 2.18. The maximum absolute atomic E-state index is 12.3. The van der Waals surface area contributed by atoms with Crippen molar-refractivity contribution >= 4 is 15.7 Å². The zero-order valence-electron chi connectivity index (χ0n) is 12.1. The molecule has 6 nitrogen and oxygen atoms in total. The van der Waals surface area contributed by atoms with Gasteiger partial charge in [-0.15, -0.1) is 0 Å². The number of hydrogen-bond donors (Lipinski definition) is 2. The van der Waals surface area contributed by atoms with Gasteiger partial charge in [-0.2, -0.15) is 0 Å². The Balaban J connectivity index is 2.28. The molecule has 0 amide bonds. The normalized spacial score (nSPS) is 11.6. The first kappa shape index (κ1) is 15.5. The smallest absolute Gasteiger partial charge is 0.263 e. The molecule has 7 heteroatoms. The van der Waals surface area contributed by atoms with Gasteiger partial charge < -0.3 is 9.67 Å². The number of anilines is 1. The average molecular weight is 309 g/mol. The Labute approximate surface area is 124 Å². The summed E-state index contributed by atoms with van der Waals surface area (Å²) in [5.41, 5.74) is 1.81. The summed E-state index contributed by atoms with van der Waals surface area (Å²) in [4.78, 5) is 4.19. The van der Waals surface area contributed by atoms with Crippen molar-refractivity contribution < 1.29 is 13.5 Å².